The Bertz CT molecular complexity index is 514. The molecule has 1 heterocycles. The van der Waals surface area contributed by atoms with E-state index in [0.29, 0.717) is 15.0 Å². The van der Waals surface area contributed by atoms with E-state index in [-0.39, 0.29) is 18.3 Å². The van der Waals surface area contributed by atoms with Crippen molar-refractivity contribution < 1.29 is 25.6 Å². The van der Waals surface area contributed by atoms with E-state index in [0.717, 1.165) is 0 Å². The predicted molar refractivity (Wildman–Crippen MR) is 61.8 cm³/mol. The van der Waals surface area contributed by atoms with Gasteiger partial charge in [-0.2, -0.15) is 0 Å². The average Bonchev–Trinajstić information content (AvgIpc) is 2.55. The van der Waals surface area contributed by atoms with Crippen molar-refractivity contribution in [2.75, 3.05) is 0 Å². The maximum absolute atomic E-state index is 13.0. The Morgan fingerprint density at radius 3 is 2.24 bits per heavy atom. The first-order chi connectivity index (χ1) is 7.41. The summed E-state index contributed by atoms with van der Waals surface area (Å²) < 4.78 is 39.5. The molecule has 0 bridgehead atoms. The second kappa shape index (κ2) is 4.86. The second-order valence-corrected chi connectivity index (χ2v) is 5.98. The van der Waals surface area contributed by atoms with Gasteiger partial charge in [-0.25, -0.2) is 0 Å². The van der Waals surface area contributed by atoms with Crippen LogP contribution in [0.5, 0.6) is 0 Å². The summed E-state index contributed by atoms with van der Waals surface area (Å²) in [5, 5.41) is 0.715. The fraction of sp³-hybridized carbons (Fsp3) is 0.333. The molecular weight excluding hydrogens is 269 g/mol. The van der Waals surface area contributed by atoms with Gasteiger partial charge in [0.1, 0.15) is 0 Å². The van der Waals surface area contributed by atoms with Crippen molar-refractivity contribution >= 4 is 20.6 Å². The molecule has 2 rings (SSSR count). The zero-order valence-electron chi connectivity index (χ0n) is 9.38. The molecule has 0 radical (unpaired) electrons. The van der Waals surface area contributed by atoms with E-state index < -0.39 is 16.0 Å². The summed E-state index contributed by atoms with van der Waals surface area (Å²) in [6.45, 7) is 3.62. The van der Waals surface area contributed by atoms with E-state index in [2.05, 4.69) is 0 Å². The molecular formula is C12H12ClF3S. The minimum atomic E-state index is -4.16. The third-order valence-electron chi connectivity index (χ3n) is 2.47. The van der Waals surface area contributed by atoms with Crippen molar-refractivity contribution in [2.45, 2.75) is 25.3 Å². The first kappa shape index (κ1) is 14.3. The molecule has 0 spiro atoms. The average molecular weight is 281 g/mol. The lowest BCUT2D eigenvalue weighted by atomic mass is 10.1. The Morgan fingerprint density at radius 2 is 1.71 bits per heavy atom. The molecule has 0 amide bonds. The molecule has 1 atom stereocenters. The smallest absolute Gasteiger partial charge is 0.600 e. The lowest BCUT2D eigenvalue weighted by Gasteiger charge is -2.01. The standard InChI is InChI=1S/C12H12F3S.ClH/c1-8(2)11-7-9-5-3-4-6-10(9)16(11)12(13,14)15;/h3-8H,1-2H3;1H/q+1;/p-1. The Kier molecular flexibility index (Phi) is 4.10. The van der Waals surface area contributed by atoms with Gasteiger partial charge in [0, 0.05) is 17.4 Å². The van der Waals surface area contributed by atoms with Crippen molar-refractivity contribution in [1.29, 1.82) is 0 Å². The van der Waals surface area contributed by atoms with Crippen LogP contribution in [0.15, 0.2) is 30.3 Å². The van der Waals surface area contributed by atoms with Crippen molar-refractivity contribution in [2.24, 2.45) is 0 Å². The first-order valence-corrected chi connectivity index (χ1v) is 6.25. The highest BCUT2D eigenvalue weighted by Crippen LogP contribution is 2.52. The van der Waals surface area contributed by atoms with Crippen molar-refractivity contribution in [1.82, 2.24) is 0 Å². The van der Waals surface area contributed by atoms with Crippen LogP contribution < -0.4 is 12.4 Å². The highest BCUT2D eigenvalue weighted by molar-refractivity contribution is 7.38. The van der Waals surface area contributed by atoms with Gasteiger partial charge in [0.25, 0.3) is 0 Å². The highest BCUT2D eigenvalue weighted by atomic mass is 35.5. The number of halogens is 4. The Balaban J connectivity index is 0.00000144. The number of hydrogen-bond donors (Lipinski definition) is 0. The molecule has 5 heteroatoms. The normalized spacial score (nSPS) is 12.9. The fourth-order valence-corrected chi connectivity index (χ4v) is 3.85. The molecule has 0 aliphatic heterocycles. The predicted octanol–water partition coefficient (Wildman–Crippen LogP) is 2.19. The molecule has 17 heavy (non-hydrogen) atoms. The van der Waals surface area contributed by atoms with Gasteiger partial charge in [0.15, 0.2) is 9.58 Å². The molecule has 0 fully saturated rings. The monoisotopic (exact) mass is 280 g/mol. The van der Waals surface area contributed by atoms with Crippen molar-refractivity contribution in [3.63, 3.8) is 0 Å². The first-order valence-electron chi connectivity index (χ1n) is 5.03. The van der Waals surface area contributed by atoms with E-state index in [9.17, 15) is 13.2 Å². The lowest BCUT2D eigenvalue weighted by Crippen LogP contribution is -3.00. The van der Waals surface area contributed by atoms with Gasteiger partial charge >= 0.3 is 5.51 Å². The van der Waals surface area contributed by atoms with Gasteiger partial charge < -0.3 is 12.4 Å². The topological polar surface area (TPSA) is 0 Å². The number of fused-ring (bicyclic) bond motifs is 1. The Labute approximate surface area is 107 Å². The molecule has 0 saturated carbocycles. The molecule has 0 aliphatic rings. The van der Waals surface area contributed by atoms with E-state index in [1.54, 1.807) is 30.3 Å². The van der Waals surface area contributed by atoms with Crippen LogP contribution in [0.25, 0.3) is 10.1 Å². The molecule has 2 aromatic rings. The van der Waals surface area contributed by atoms with Gasteiger partial charge in [-0.1, -0.05) is 26.0 Å². The van der Waals surface area contributed by atoms with E-state index in [4.69, 9.17) is 0 Å². The maximum atomic E-state index is 13.0. The summed E-state index contributed by atoms with van der Waals surface area (Å²) in [6, 6.07) is 8.46. The van der Waals surface area contributed by atoms with Gasteiger partial charge in [0.2, 0.25) is 0 Å². The molecule has 0 aliphatic carbocycles. The number of alkyl halides is 3. The van der Waals surface area contributed by atoms with Crippen LogP contribution in [-0.2, 0) is 5.51 Å². The second-order valence-electron chi connectivity index (χ2n) is 3.99. The maximum Gasteiger partial charge on any atom is 0.600 e. The van der Waals surface area contributed by atoms with Crippen LogP contribution in [0.3, 0.4) is 0 Å². The Morgan fingerprint density at radius 1 is 1.12 bits per heavy atom. The van der Waals surface area contributed by atoms with E-state index >= 15 is 0 Å². The highest BCUT2D eigenvalue weighted by Gasteiger charge is 2.48. The third-order valence-corrected chi connectivity index (χ3v) is 4.81. The van der Waals surface area contributed by atoms with Gasteiger partial charge in [-0.3, -0.25) is 0 Å². The Hall–Kier alpha value is -0.740. The quantitative estimate of drug-likeness (QED) is 0.703. The van der Waals surface area contributed by atoms with Crippen molar-refractivity contribution in [3.8, 4) is 0 Å². The third kappa shape index (κ3) is 2.58. The van der Waals surface area contributed by atoms with Gasteiger partial charge in [-0.05, 0) is 12.1 Å². The summed E-state index contributed by atoms with van der Waals surface area (Å²) in [5.41, 5.74) is -4.16. The van der Waals surface area contributed by atoms with E-state index in [1.165, 1.54) is 0 Å². The minimum Gasteiger partial charge on any atom is -1.00 e. The van der Waals surface area contributed by atoms with Crippen LogP contribution in [-0.4, -0.2) is 0 Å². The molecule has 1 aromatic carbocycles. The number of thiophene rings is 1. The van der Waals surface area contributed by atoms with Crippen LogP contribution in [0.1, 0.15) is 24.6 Å². The summed E-state index contributed by atoms with van der Waals surface area (Å²) in [7, 11) is -1.73. The summed E-state index contributed by atoms with van der Waals surface area (Å²) in [6.07, 6.45) is 0. The van der Waals surface area contributed by atoms with Crippen molar-refractivity contribution in [3.05, 3.63) is 35.2 Å². The fourth-order valence-electron chi connectivity index (χ4n) is 1.79. The summed E-state index contributed by atoms with van der Waals surface area (Å²) in [5.74, 6) is -0.0719. The molecule has 1 aromatic heterocycles. The van der Waals surface area contributed by atoms with E-state index in [1.807, 2.05) is 13.8 Å². The van der Waals surface area contributed by atoms with Crippen LogP contribution in [0, 0.1) is 0 Å². The SMILES string of the molecule is CC(C)c1cc2ccccc2[s+]1C(F)(F)F.[Cl-]. The largest absolute Gasteiger partial charge is 1.00 e. The van der Waals surface area contributed by atoms with Gasteiger partial charge in [0.05, 0.1) is 10.5 Å². The minimum absolute atomic E-state index is 0. The molecule has 0 nitrogen and oxygen atoms in total. The number of rotatable bonds is 1. The van der Waals surface area contributed by atoms with Crippen LogP contribution in [0.2, 0.25) is 0 Å². The zero-order valence-corrected chi connectivity index (χ0v) is 11.0. The zero-order chi connectivity index (χ0) is 11.9. The molecule has 1 unspecified atom stereocenters. The summed E-state index contributed by atoms with van der Waals surface area (Å²) >= 11 is 0. The summed E-state index contributed by atoms with van der Waals surface area (Å²) in [4.78, 5) is 0.494. The lowest BCUT2D eigenvalue weighted by molar-refractivity contribution is -0.0868. The molecule has 94 valence electrons. The van der Waals surface area contributed by atoms with Crippen LogP contribution in [0.4, 0.5) is 13.2 Å². The number of hydrogen-bond acceptors (Lipinski definition) is 0. The number of benzene rings is 1. The van der Waals surface area contributed by atoms with Gasteiger partial charge in [-0.15, -0.1) is 13.2 Å². The molecule has 0 saturated heterocycles. The van der Waals surface area contributed by atoms with Crippen LogP contribution >= 0.6 is 10.5 Å². The molecule has 0 N–H and O–H groups in total.